The minimum Gasteiger partial charge on any atom is -0.497 e. The first-order valence-electron chi connectivity index (χ1n) is 6.70. The number of ether oxygens (including phenoxy) is 1. The second kappa shape index (κ2) is 5.59. The molecule has 0 saturated carbocycles. The predicted molar refractivity (Wildman–Crippen MR) is 75.2 cm³/mol. The Kier molecular flexibility index (Phi) is 4.11. The van der Waals surface area contributed by atoms with Gasteiger partial charge in [0.1, 0.15) is 5.75 Å². The molecule has 0 fully saturated rings. The van der Waals surface area contributed by atoms with Crippen molar-refractivity contribution in [2.75, 3.05) is 20.2 Å². The third-order valence-electron chi connectivity index (χ3n) is 3.82. The third-order valence-corrected chi connectivity index (χ3v) is 3.82. The number of methoxy groups -OCH3 is 1. The molecule has 17 heavy (non-hydrogen) atoms. The van der Waals surface area contributed by atoms with Crippen molar-refractivity contribution in [1.29, 1.82) is 0 Å². The Hall–Kier alpha value is -0.955. The van der Waals surface area contributed by atoms with Gasteiger partial charge < -0.3 is 10.1 Å². The predicted octanol–water partition coefficient (Wildman–Crippen LogP) is 1.44. The fourth-order valence-corrected chi connectivity index (χ4v) is 2.72. The molecule has 92 valence electrons. The van der Waals surface area contributed by atoms with E-state index in [0.717, 1.165) is 32.5 Å². The summed E-state index contributed by atoms with van der Waals surface area (Å²) in [6.07, 6.45) is 2.32. The topological polar surface area (TPSA) is 21.3 Å². The van der Waals surface area contributed by atoms with Gasteiger partial charge in [0.2, 0.25) is 0 Å². The summed E-state index contributed by atoms with van der Waals surface area (Å²) >= 11 is 0. The number of hydrogen-bond acceptors (Lipinski definition) is 2. The molecule has 0 bridgehead atoms. The van der Waals surface area contributed by atoms with Crippen LogP contribution in [0.15, 0.2) is 12.1 Å². The van der Waals surface area contributed by atoms with E-state index in [1.165, 1.54) is 23.0 Å². The monoisotopic (exact) mass is 231 g/mol. The highest BCUT2D eigenvalue weighted by molar-refractivity contribution is 6.53. The summed E-state index contributed by atoms with van der Waals surface area (Å²) in [5, 5.41) is 3.53. The van der Waals surface area contributed by atoms with Crippen molar-refractivity contribution in [3.05, 3.63) is 23.3 Å². The summed E-state index contributed by atoms with van der Waals surface area (Å²) in [4.78, 5) is 0. The Morgan fingerprint density at radius 2 is 2.29 bits per heavy atom. The molecule has 1 atom stereocenters. The number of nitrogens with one attached hydrogen (secondary N) is 1. The molecule has 0 saturated heterocycles. The largest absolute Gasteiger partial charge is 0.497 e. The maximum Gasteiger partial charge on any atom is 0.159 e. The van der Waals surface area contributed by atoms with Gasteiger partial charge in [-0.25, -0.2) is 0 Å². The normalized spacial score (nSPS) is 19.4. The van der Waals surface area contributed by atoms with Crippen LogP contribution < -0.4 is 15.5 Å². The fourth-order valence-electron chi connectivity index (χ4n) is 2.72. The molecule has 3 heteroatoms. The van der Waals surface area contributed by atoms with Crippen LogP contribution in [0.5, 0.6) is 5.75 Å². The summed E-state index contributed by atoms with van der Waals surface area (Å²) in [6.45, 7) is 6.66. The molecule has 0 amide bonds. The lowest BCUT2D eigenvalue weighted by Gasteiger charge is -2.18. The highest BCUT2D eigenvalue weighted by Crippen LogP contribution is 2.27. The van der Waals surface area contributed by atoms with Crippen LogP contribution in [0.3, 0.4) is 0 Å². The maximum atomic E-state index is 5.49. The van der Waals surface area contributed by atoms with E-state index in [4.69, 9.17) is 4.74 Å². The zero-order chi connectivity index (χ0) is 12.3. The average Bonchev–Trinajstić information content (AvgIpc) is 2.58. The molecule has 1 unspecified atom stereocenters. The fraction of sp³-hybridized carbons (Fsp3) is 0.571. The molecule has 1 aliphatic rings. The molecule has 0 spiro atoms. The molecular formula is C14H22BNO. The number of hydrogen-bond donors (Lipinski definition) is 1. The molecule has 1 aromatic rings. The molecule has 1 heterocycles. The molecule has 1 aliphatic heterocycles. The van der Waals surface area contributed by atoms with E-state index in [1.54, 1.807) is 7.11 Å². The smallest absolute Gasteiger partial charge is 0.159 e. The van der Waals surface area contributed by atoms with Gasteiger partial charge in [0.25, 0.3) is 0 Å². The van der Waals surface area contributed by atoms with E-state index in [1.807, 2.05) is 0 Å². The second-order valence-corrected chi connectivity index (χ2v) is 4.78. The van der Waals surface area contributed by atoms with Gasteiger partial charge in [-0.15, -0.1) is 0 Å². The van der Waals surface area contributed by atoms with Gasteiger partial charge in [0, 0.05) is 6.54 Å². The van der Waals surface area contributed by atoms with Gasteiger partial charge in [-0.3, -0.25) is 0 Å². The van der Waals surface area contributed by atoms with Gasteiger partial charge in [-0.2, -0.15) is 0 Å². The quantitative estimate of drug-likeness (QED) is 0.795. The first-order chi connectivity index (χ1) is 8.30. The molecule has 0 radical (unpaired) electrons. The van der Waals surface area contributed by atoms with Crippen LogP contribution in [0.25, 0.3) is 0 Å². The summed E-state index contributed by atoms with van der Waals surface area (Å²) in [6, 6.07) is 4.62. The lowest BCUT2D eigenvalue weighted by atomic mass is 9.70. The summed E-state index contributed by atoms with van der Waals surface area (Å²) in [5.74, 6) is 1.71. The first-order valence-corrected chi connectivity index (χ1v) is 6.70. The van der Waals surface area contributed by atoms with Crippen molar-refractivity contribution in [2.45, 2.75) is 32.5 Å². The summed E-state index contributed by atoms with van der Waals surface area (Å²) in [7, 11) is 2.81. The van der Waals surface area contributed by atoms with Gasteiger partial charge in [0.15, 0.2) is 7.28 Å². The third kappa shape index (κ3) is 2.49. The summed E-state index contributed by atoms with van der Waals surface area (Å²) in [5.41, 5.74) is 4.35. The highest BCUT2D eigenvalue weighted by Gasteiger charge is 2.19. The Morgan fingerprint density at radius 3 is 2.94 bits per heavy atom. The van der Waals surface area contributed by atoms with Crippen LogP contribution in [-0.2, 0) is 6.42 Å². The van der Waals surface area contributed by atoms with Crippen LogP contribution in [0, 0.1) is 0 Å². The zero-order valence-corrected chi connectivity index (χ0v) is 11.2. The van der Waals surface area contributed by atoms with Crippen LogP contribution in [0.2, 0.25) is 6.82 Å². The second-order valence-electron chi connectivity index (χ2n) is 4.78. The van der Waals surface area contributed by atoms with E-state index >= 15 is 0 Å². The van der Waals surface area contributed by atoms with Crippen molar-refractivity contribution in [3.8, 4) is 5.75 Å². The van der Waals surface area contributed by atoms with Gasteiger partial charge in [-0.1, -0.05) is 19.8 Å². The maximum absolute atomic E-state index is 5.49. The molecular weight excluding hydrogens is 209 g/mol. The lowest BCUT2D eigenvalue weighted by Crippen LogP contribution is -2.20. The molecule has 2 rings (SSSR count). The molecule has 1 aromatic carbocycles. The lowest BCUT2D eigenvalue weighted by molar-refractivity contribution is 0.417. The first kappa shape index (κ1) is 12.5. The van der Waals surface area contributed by atoms with Crippen molar-refractivity contribution in [2.24, 2.45) is 0 Å². The minimum absolute atomic E-state index is 0.656. The molecule has 1 N–H and O–H groups in total. The van der Waals surface area contributed by atoms with Crippen LogP contribution in [0.1, 0.15) is 30.4 Å². The van der Waals surface area contributed by atoms with Crippen LogP contribution in [0.4, 0.5) is 0 Å². The molecule has 0 aliphatic carbocycles. The molecule has 0 aromatic heterocycles. The zero-order valence-electron chi connectivity index (χ0n) is 11.2. The highest BCUT2D eigenvalue weighted by atomic mass is 16.5. The van der Waals surface area contributed by atoms with Gasteiger partial charge in [-0.05, 0) is 48.0 Å². The van der Waals surface area contributed by atoms with E-state index in [9.17, 15) is 0 Å². The Bertz CT molecular complexity index is 392. The number of benzene rings is 1. The SMILES string of the molecule is CBc1cc2c(cc1OC)CCNCC2CC. The van der Waals surface area contributed by atoms with E-state index < -0.39 is 0 Å². The molecule has 2 nitrogen and oxygen atoms in total. The van der Waals surface area contributed by atoms with E-state index in [2.05, 4.69) is 31.2 Å². The van der Waals surface area contributed by atoms with Crippen molar-refractivity contribution >= 4 is 12.7 Å². The van der Waals surface area contributed by atoms with Gasteiger partial charge in [0.05, 0.1) is 7.11 Å². The van der Waals surface area contributed by atoms with E-state index in [0.29, 0.717) is 5.92 Å². The number of rotatable bonds is 3. The van der Waals surface area contributed by atoms with E-state index in [-0.39, 0.29) is 0 Å². The van der Waals surface area contributed by atoms with Crippen molar-refractivity contribution in [1.82, 2.24) is 5.32 Å². The minimum atomic E-state index is 0.656. The van der Waals surface area contributed by atoms with Crippen LogP contribution in [-0.4, -0.2) is 27.5 Å². The number of fused-ring (bicyclic) bond motifs is 1. The van der Waals surface area contributed by atoms with Gasteiger partial charge >= 0.3 is 0 Å². The Morgan fingerprint density at radius 1 is 1.47 bits per heavy atom. The Labute approximate surface area is 105 Å². The van der Waals surface area contributed by atoms with Crippen LogP contribution >= 0.6 is 0 Å². The van der Waals surface area contributed by atoms with Crippen molar-refractivity contribution < 1.29 is 4.74 Å². The average molecular weight is 231 g/mol. The summed E-state index contributed by atoms with van der Waals surface area (Å²) < 4.78 is 5.49. The standard InChI is InChI=1S/C14H22BNO/c1-4-10-9-16-6-5-11-7-14(17-3)13(15-2)8-12(10)11/h7-8,10,15-16H,4-6,9H2,1-3H3. The Balaban J connectivity index is 2.47. The van der Waals surface area contributed by atoms with Crippen molar-refractivity contribution in [3.63, 3.8) is 0 Å².